The van der Waals surface area contributed by atoms with Gasteiger partial charge in [-0.2, -0.15) is 5.10 Å². The number of nitrogens with zero attached hydrogens (tertiary/aromatic N) is 3. The quantitative estimate of drug-likeness (QED) is 0.694. The molecule has 1 N–H and O–H groups in total. The van der Waals surface area contributed by atoms with Crippen molar-refractivity contribution in [2.45, 2.75) is 33.7 Å². The maximum Gasteiger partial charge on any atom is 0.312 e. The Kier molecular flexibility index (Phi) is 4.25. The van der Waals surface area contributed by atoms with E-state index in [0.29, 0.717) is 17.1 Å². The smallest absolute Gasteiger partial charge is 0.312 e. The number of hydrogen-bond donors (Lipinski definition) is 1. The standard InChI is InChI=1S/C15H18N4O3/c1-9-6-5-7-13(8-9)16-15(20)12(4)18-11(3)14(19(21)22)10(2)17-18/h5-8,12H,1-4H3,(H,16,20)/t12-/m0/s1. The maximum atomic E-state index is 12.3. The number of benzene rings is 1. The molecule has 7 heteroatoms. The Balaban J connectivity index is 2.24. The van der Waals surface area contributed by atoms with Crippen LogP contribution in [0.5, 0.6) is 0 Å². The molecule has 1 amide bonds. The van der Waals surface area contributed by atoms with Crippen LogP contribution >= 0.6 is 0 Å². The molecule has 116 valence electrons. The molecule has 1 aromatic heterocycles. The molecule has 0 fully saturated rings. The van der Waals surface area contributed by atoms with E-state index in [9.17, 15) is 14.9 Å². The van der Waals surface area contributed by atoms with Crippen LogP contribution in [0.3, 0.4) is 0 Å². The lowest BCUT2D eigenvalue weighted by Gasteiger charge is -2.14. The van der Waals surface area contributed by atoms with Gasteiger partial charge >= 0.3 is 5.69 Å². The van der Waals surface area contributed by atoms with E-state index in [1.807, 2.05) is 25.1 Å². The van der Waals surface area contributed by atoms with Crippen molar-refractivity contribution in [1.82, 2.24) is 9.78 Å². The molecule has 0 bridgehead atoms. The summed E-state index contributed by atoms with van der Waals surface area (Å²) in [5.74, 6) is -0.272. The van der Waals surface area contributed by atoms with Gasteiger partial charge in [-0.05, 0) is 45.4 Å². The first-order valence-corrected chi connectivity index (χ1v) is 6.89. The minimum absolute atomic E-state index is 0.0461. The van der Waals surface area contributed by atoms with Crippen LogP contribution in [0, 0.1) is 30.9 Å². The average Bonchev–Trinajstić information content (AvgIpc) is 2.73. The van der Waals surface area contributed by atoms with Gasteiger partial charge in [-0.25, -0.2) is 0 Å². The summed E-state index contributed by atoms with van der Waals surface area (Å²) in [4.78, 5) is 22.9. The summed E-state index contributed by atoms with van der Waals surface area (Å²) in [6.07, 6.45) is 0. The molecule has 1 aromatic carbocycles. The average molecular weight is 302 g/mol. The second-order valence-electron chi connectivity index (χ2n) is 5.26. The number of carbonyl (C=O) groups is 1. The van der Waals surface area contributed by atoms with Crippen molar-refractivity contribution in [3.05, 3.63) is 51.3 Å². The van der Waals surface area contributed by atoms with Crippen molar-refractivity contribution in [2.24, 2.45) is 0 Å². The van der Waals surface area contributed by atoms with Gasteiger partial charge in [0.25, 0.3) is 0 Å². The van der Waals surface area contributed by atoms with Gasteiger partial charge in [-0.3, -0.25) is 19.6 Å². The monoisotopic (exact) mass is 302 g/mol. The number of amides is 1. The summed E-state index contributed by atoms with van der Waals surface area (Å²) < 4.78 is 1.39. The van der Waals surface area contributed by atoms with Crippen LogP contribution in [0.1, 0.15) is 29.9 Å². The third-order valence-corrected chi connectivity index (χ3v) is 3.50. The molecule has 22 heavy (non-hydrogen) atoms. The summed E-state index contributed by atoms with van der Waals surface area (Å²) in [6, 6.07) is 6.79. The first-order chi connectivity index (χ1) is 10.3. The van der Waals surface area contributed by atoms with Crippen molar-refractivity contribution in [1.29, 1.82) is 0 Å². The molecule has 0 unspecified atom stereocenters. The zero-order valence-electron chi connectivity index (χ0n) is 13.0. The molecule has 0 aliphatic heterocycles. The highest BCUT2D eigenvalue weighted by atomic mass is 16.6. The summed E-state index contributed by atoms with van der Waals surface area (Å²) >= 11 is 0. The fraction of sp³-hybridized carbons (Fsp3) is 0.333. The second-order valence-corrected chi connectivity index (χ2v) is 5.26. The van der Waals surface area contributed by atoms with Crippen molar-refractivity contribution in [2.75, 3.05) is 5.32 Å². The Morgan fingerprint density at radius 2 is 2.05 bits per heavy atom. The maximum absolute atomic E-state index is 12.3. The van der Waals surface area contributed by atoms with E-state index in [1.165, 1.54) is 4.68 Å². The second kappa shape index (κ2) is 5.97. The van der Waals surface area contributed by atoms with Gasteiger partial charge in [0.1, 0.15) is 17.4 Å². The molecule has 1 heterocycles. The predicted octanol–water partition coefficient (Wildman–Crippen LogP) is 2.92. The zero-order valence-corrected chi connectivity index (χ0v) is 13.0. The molecule has 0 aliphatic rings. The van der Waals surface area contributed by atoms with Crippen LogP contribution in [0.4, 0.5) is 11.4 Å². The minimum Gasteiger partial charge on any atom is -0.324 e. The number of anilines is 1. The number of aromatic nitrogens is 2. The van der Waals surface area contributed by atoms with E-state index in [2.05, 4.69) is 10.4 Å². The van der Waals surface area contributed by atoms with E-state index >= 15 is 0 Å². The third kappa shape index (κ3) is 2.98. The Labute approximate surface area is 128 Å². The number of hydrogen-bond acceptors (Lipinski definition) is 4. The Morgan fingerprint density at radius 1 is 1.36 bits per heavy atom. The molecular formula is C15H18N4O3. The lowest BCUT2D eigenvalue weighted by Crippen LogP contribution is -2.25. The highest BCUT2D eigenvalue weighted by molar-refractivity contribution is 5.93. The van der Waals surface area contributed by atoms with Crippen molar-refractivity contribution >= 4 is 17.3 Å². The number of carbonyl (C=O) groups excluding carboxylic acids is 1. The Bertz CT molecular complexity index is 736. The fourth-order valence-electron chi connectivity index (χ4n) is 2.38. The molecule has 0 saturated carbocycles. The molecule has 1 atom stereocenters. The Hall–Kier alpha value is -2.70. The molecule has 2 rings (SSSR count). The predicted molar refractivity (Wildman–Crippen MR) is 82.9 cm³/mol. The van der Waals surface area contributed by atoms with Crippen LogP contribution in [0.25, 0.3) is 0 Å². The summed E-state index contributed by atoms with van der Waals surface area (Å²) in [5, 5.41) is 18.0. The van der Waals surface area contributed by atoms with Crippen molar-refractivity contribution < 1.29 is 9.72 Å². The van der Waals surface area contributed by atoms with Gasteiger partial charge in [-0.15, -0.1) is 0 Å². The van der Waals surface area contributed by atoms with E-state index in [0.717, 1.165) is 5.56 Å². The molecule has 0 spiro atoms. The Morgan fingerprint density at radius 3 is 2.59 bits per heavy atom. The van der Waals surface area contributed by atoms with E-state index in [-0.39, 0.29) is 11.6 Å². The molecule has 2 aromatic rings. The fourth-order valence-corrected chi connectivity index (χ4v) is 2.38. The lowest BCUT2D eigenvalue weighted by molar-refractivity contribution is -0.386. The van der Waals surface area contributed by atoms with Crippen LogP contribution in [-0.2, 0) is 4.79 Å². The molecule has 0 saturated heterocycles. The summed E-state index contributed by atoms with van der Waals surface area (Å²) in [5.41, 5.74) is 2.35. The van der Waals surface area contributed by atoms with E-state index in [4.69, 9.17) is 0 Å². The van der Waals surface area contributed by atoms with E-state index in [1.54, 1.807) is 26.8 Å². The van der Waals surface area contributed by atoms with E-state index < -0.39 is 11.0 Å². The topological polar surface area (TPSA) is 90.1 Å². The van der Waals surface area contributed by atoms with Crippen molar-refractivity contribution in [3.63, 3.8) is 0 Å². The van der Waals surface area contributed by atoms with Gasteiger partial charge in [0.15, 0.2) is 0 Å². The van der Waals surface area contributed by atoms with Crippen LogP contribution in [0.2, 0.25) is 0 Å². The van der Waals surface area contributed by atoms with Crippen molar-refractivity contribution in [3.8, 4) is 0 Å². The lowest BCUT2D eigenvalue weighted by atomic mass is 10.2. The van der Waals surface area contributed by atoms with Crippen LogP contribution in [0.15, 0.2) is 24.3 Å². The number of aryl methyl sites for hydroxylation is 2. The molecule has 0 aliphatic carbocycles. The first kappa shape index (κ1) is 15.7. The number of nitro groups is 1. The third-order valence-electron chi connectivity index (χ3n) is 3.50. The van der Waals surface area contributed by atoms with Gasteiger partial charge < -0.3 is 5.32 Å². The molecule has 7 nitrogen and oxygen atoms in total. The normalized spacial score (nSPS) is 12.0. The minimum atomic E-state index is -0.645. The largest absolute Gasteiger partial charge is 0.324 e. The highest BCUT2D eigenvalue weighted by Crippen LogP contribution is 2.25. The number of rotatable bonds is 4. The SMILES string of the molecule is Cc1cccc(NC(=O)[C@H](C)n2nc(C)c([N+](=O)[O-])c2C)c1. The van der Waals surface area contributed by atoms with Gasteiger partial charge in [0.2, 0.25) is 5.91 Å². The summed E-state index contributed by atoms with van der Waals surface area (Å²) in [7, 11) is 0. The zero-order chi connectivity index (χ0) is 16.4. The first-order valence-electron chi connectivity index (χ1n) is 6.89. The summed E-state index contributed by atoms with van der Waals surface area (Å²) in [6.45, 7) is 6.75. The van der Waals surface area contributed by atoms with Gasteiger partial charge in [-0.1, -0.05) is 12.1 Å². The molecule has 0 radical (unpaired) electrons. The van der Waals surface area contributed by atoms with Crippen LogP contribution in [-0.4, -0.2) is 20.6 Å². The molecular weight excluding hydrogens is 284 g/mol. The van der Waals surface area contributed by atoms with Gasteiger partial charge in [0.05, 0.1) is 4.92 Å². The van der Waals surface area contributed by atoms with Crippen LogP contribution < -0.4 is 5.32 Å². The number of nitrogens with one attached hydrogen (secondary N) is 1. The van der Waals surface area contributed by atoms with Gasteiger partial charge in [0, 0.05) is 5.69 Å². The highest BCUT2D eigenvalue weighted by Gasteiger charge is 2.27.